The first-order valence-corrected chi connectivity index (χ1v) is 15.9. The van der Waals surface area contributed by atoms with Crippen LogP contribution >= 0.6 is 23.2 Å². The number of methoxy groups -OCH3 is 1. The van der Waals surface area contributed by atoms with E-state index < -0.39 is 56.1 Å². The van der Waals surface area contributed by atoms with E-state index in [1.165, 1.54) is 48.5 Å². The standard InChI is InChI=1S/C32H26Cl2F3N3O6S/c1-18-6-13-22(14-7-18)47(44,45)27-15-10-20(32(35,36)37)17-25(27)39-31(43)40-26(30(42)46-2)16-19-8-11-21(12-9-19)38-29(41)28-23(33)4-3-5-24(28)34/h3-15,17,26H,16H2,1-2H3,(H,38,41)(H2,39,40,43)/t26-/m0/s1. The summed E-state index contributed by atoms with van der Waals surface area (Å²) < 4.78 is 72.2. The van der Waals surface area contributed by atoms with Gasteiger partial charge in [0.2, 0.25) is 9.84 Å². The number of alkyl halides is 3. The third kappa shape index (κ3) is 8.61. The smallest absolute Gasteiger partial charge is 0.416 e. The molecule has 0 aliphatic heterocycles. The molecule has 0 unspecified atom stereocenters. The van der Waals surface area contributed by atoms with Crippen molar-refractivity contribution in [1.29, 1.82) is 0 Å². The summed E-state index contributed by atoms with van der Waals surface area (Å²) in [5, 5.41) is 7.45. The van der Waals surface area contributed by atoms with Crippen molar-refractivity contribution in [1.82, 2.24) is 5.32 Å². The third-order valence-corrected chi connectivity index (χ3v) is 9.27. The zero-order chi connectivity index (χ0) is 34.5. The summed E-state index contributed by atoms with van der Waals surface area (Å²) >= 11 is 12.2. The number of esters is 1. The molecule has 4 rings (SSSR count). The van der Waals surface area contributed by atoms with Gasteiger partial charge in [-0.25, -0.2) is 18.0 Å². The Kier molecular flexibility index (Phi) is 10.8. The molecule has 246 valence electrons. The van der Waals surface area contributed by atoms with Crippen LogP contribution in [-0.4, -0.2) is 39.5 Å². The van der Waals surface area contributed by atoms with Gasteiger partial charge in [-0.2, -0.15) is 13.2 Å². The van der Waals surface area contributed by atoms with Crippen LogP contribution in [0.15, 0.2) is 94.7 Å². The van der Waals surface area contributed by atoms with Crippen molar-refractivity contribution < 1.29 is 40.7 Å². The molecule has 15 heteroatoms. The van der Waals surface area contributed by atoms with Crippen molar-refractivity contribution >= 4 is 62.3 Å². The second-order valence-corrected chi connectivity index (χ2v) is 12.9. The molecule has 1 atom stereocenters. The number of carbonyl (C=O) groups excluding carboxylic acids is 3. The Morgan fingerprint density at radius 1 is 0.872 bits per heavy atom. The number of rotatable bonds is 9. The van der Waals surface area contributed by atoms with Crippen molar-refractivity contribution in [2.24, 2.45) is 0 Å². The van der Waals surface area contributed by atoms with E-state index in [-0.39, 0.29) is 26.9 Å². The molecular formula is C32H26Cl2F3N3O6S. The lowest BCUT2D eigenvalue weighted by molar-refractivity contribution is -0.142. The zero-order valence-electron chi connectivity index (χ0n) is 24.6. The maximum atomic E-state index is 13.6. The van der Waals surface area contributed by atoms with Crippen LogP contribution in [0.4, 0.5) is 29.3 Å². The largest absolute Gasteiger partial charge is 0.467 e. The van der Waals surface area contributed by atoms with Crippen molar-refractivity contribution in [2.45, 2.75) is 35.4 Å². The van der Waals surface area contributed by atoms with Gasteiger partial charge in [0.25, 0.3) is 5.91 Å². The number of halogens is 5. The van der Waals surface area contributed by atoms with E-state index in [9.17, 15) is 36.0 Å². The molecule has 0 aromatic heterocycles. The van der Waals surface area contributed by atoms with Gasteiger partial charge in [-0.15, -0.1) is 0 Å². The number of ether oxygens (including phenoxy) is 1. The Labute approximate surface area is 277 Å². The Balaban J connectivity index is 1.54. The molecule has 0 radical (unpaired) electrons. The number of carbonyl (C=O) groups is 3. The first-order valence-electron chi connectivity index (χ1n) is 13.6. The lowest BCUT2D eigenvalue weighted by Crippen LogP contribution is -2.45. The molecule has 0 spiro atoms. The molecule has 0 bridgehead atoms. The average Bonchev–Trinajstić information content (AvgIpc) is 3.00. The van der Waals surface area contributed by atoms with E-state index >= 15 is 0 Å². The van der Waals surface area contributed by atoms with Crippen LogP contribution in [0.5, 0.6) is 0 Å². The quantitative estimate of drug-likeness (QED) is 0.156. The minimum Gasteiger partial charge on any atom is -0.467 e. The fourth-order valence-corrected chi connectivity index (χ4v) is 6.37. The van der Waals surface area contributed by atoms with Crippen LogP contribution in [-0.2, 0) is 32.0 Å². The number of benzene rings is 4. The first-order chi connectivity index (χ1) is 22.1. The maximum Gasteiger partial charge on any atom is 0.416 e. The maximum absolute atomic E-state index is 13.6. The van der Waals surface area contributed by atoms with Gasteiger partial charge in [0.05, 0.1) is 43.8 Å². The number of hydrogen-bond donors (Lipinski definition) is 3. The molecule has 4 aromatic rings. The molecule has 0 fully saturated rings. The van der Waals surface area contributed by atoms with Gasteiger partial charge in [-0.1, -0.05) is 59.1 Å². The van der Waals surface area contributed by atoms with Crippen molar-refractivity contribution in [2.75, 3.05) is 17.7 Å². The highest BCUT2D eigenvalue weighted by Crippen LogP contribution is 2.35. The number of urea groups is 1. The highest BCUT2D eigenvalue weighted by molar-refractivity contribution is 7.91. The number of sulfone groups is 1. The van der Waals surface area contributed by atoms with Crippen LogP contribution in [0, 0.1) is 6.92 Å². The summed E-state index contributed by atoms with van der Waals surface area (Å²) in [6.45, 7) is 1.73. The van der Waals surface area contributed by atoms with Gasteiger partial charge >= 0.3 is 18.2 Å². The lowest BCUT2D eigenvalue weighted by Gasteiger charge is -2.19. The Morgan fingerprint density at radius 3 is 2.06 bits per heavy atom. The van der Waals surface area contributed by atoms with Crippen LogP contribution in [0.1, 0.15) is 27.0 Å². The van der Waals surface area contributed by atoms with Crippen molar-refractivity contribution in [3.63, 3.8) is 0 Å². The molecule has 0 aliphatic carbocycles. The van der Waals surface area contributed by atoms with E-state index in [1.54, 1.807) is 25.1 Å². The van der Waals surface area contributed by atoms with E-state index in [1.807, 2.05) is 0 Å². The monoisotopic (exact) mass is 707 g/mol. The second-order valence-electron chi connectivity index (χ2n) is 10.2. The molecule has 4 aromatic carbocycles. The van der Waals surface area contributed by atoms with Gasteiger partial charge in [0.1, 0.15) is 6.04 Å². The van der Waals surface area contributed by atoms with E-state index in [0.29, 0.717) is 23.4 Å². The van der Waals surface area contributed by atoms with Gasteiger partial charge in [-0.05, 0) is 67.1 Å². The number of hydrogen-bond acceptors (Lipinski definition) is 6. The van der Waals surface area contributed by atoms with Gasteiger partial charge in [0.15, 0.2) is 0 Å². The number of anilines is 2. The predicted octanol–water partition coefficient (Wildman–Crippen LogP) is 7.31. The second kappa shape index (κ2) is 14.4. The minimum atomic E-state index is -4.85. The molecular weight excluding hydrogens is 682 g/mol. The Hall–Kier alpha value is -4.59. The first kappa shape index (κ1) is 35.3. The zero-order valence-corrected chi connectivity index (χ0v) is 26.9. The van der Waals surface area contributed by atoms with Crippen LogP contribution in [0.2, 0.25) is 10.0 Å². The fraction of sp³-hybridized carbons (Fsp3) is 0.156. The summed E-state index contributed by atoms with van der Waals surface area (Å²) in [5.41, 5.74) is -0.164. The lowest BCUT2D eigenvalue weighted by atomic mass is 10.1. The molecule has 3 N–H and O–H groups in total. The highest BCUT2D eigenvalue weighted by atomic mass is 35.5. The van der Waals surface area contributed by atoms with Gasteiger partial charge < -0.3 is 20.7 Å². The fourth-order valence-electron chi connectivity index (χ4n) is 4.40. The average molecular weight is 709 g/mol. The van der Waals surface area contributed by atoms with Crippen LogP contribution in [0.25, 0.3) is 0 Å². The minimum absolute atomic E-state index is 0.0801. The number of aryl methyl sites for hydroxylation is 1. The number of amides is 3. The third-order valence-electron chi connectivity index (χ3n) is 6.81. The summed E-state index contributed by atoms with van der Waals surface area (Å²) in [5.74, 6) is -1.44. The predicted molar refractivity (Wildman–Crippen MR) is 171 cm³/mol. The molecule has 47 heavy (non-hydrogen) atoms. The van der Waals surface area contributed by atoms with Crippen LogP contribution < -0.4 is 16.0 Å². The summed E-state index contributed by atoms with van der Waals surface area (Å²) in [6, 6.07) is 15.7. The van der Waals surface area contributed by atoms with E-state index in [0.717, 1.165) is 18.7 Å². The van der Waals surface area contributed by atoms with Crippen molar-refractivity contribution in [3.8, 4) is 0 Å². The van der Waals surface area contributed by atoms with Gasteiger partial charge in [0, 0.05) is 12.1 Å². The summed E-state index contributed by atoms with van der Waals surface area (Å²) in [7, 11) is -3.30. The normalized spacial score (nSPS) is 12.1. The molecule has 3 amide bonds. The molecule has 9 nitrogen and oxygen atoms in total. The summed E-state index contributed by atoms with van der Waals surface area (Å²) in [6.07, 6.45) is -4.99. The Bertz CT molecular complexity index is 1900. The molecule has 0 saturated carbocycles. The van der Waals surface area contributed by atoms with Crippen LogP contribution in [0.3, 0.4) is 0 Å². The number of nitrogens with one attached hydrogen (secondary N) is 3. The Morgan fingerprint density at radius 2 is 1.49 bits per heavy atom. The van der Waals surface area contributed by atoms with Gasteiger partial charge in [-0.3, -0.25) is 4.79 Å². The molecule has 0 heterocycles. The van der Waals surface area contributed by atoms with E-state index in [2.05, 4.69) is 16.0 Å². The highest BCUT2D eigenvalue weighted by Gasteiger charge is 2.33. The van der Waals surface area contributed by atoms with Crippen molar-refractivity contribution in [3.05, 3.63) is 117 Å². The topological polar surface area (TPSA) is 131 Å². The molecule has 0 aliphatic rings. The summed E-state index contributed by atoms with van der Waals surface area (Å²) in [4.78, 5) is 37.5. The molecule has 0 saturated heterocycles. The SMILES string of the molecule is COC(=O)[C@H](Cc1ccc(NC(=O)c2c(Cl)cccc2Cl)cc1)NC(=O)Nc1cc(C(F)(F)F)ccc1S(=O)(=O)c1ccc(C)cc1. The van der Waals surface area contributed by atoms with E-state index in [4.69, 9.17) is 27.9 Å².